The summed E-state index contributed by atoms with van der Waals surface area (Å²) in [6.07, 6.45) is 0. The van der Waals surface area contributed by atoms with Crippen LogP contribution in [0.25, 0.3) is 0 Å². The SMILES string of the molecule is CC(C)N1CCN(C(=O)c2cc(Cl)ccc2F)CC1. The first-order valence-electron chi connectivity index (χ1n) is 6.47. The van der Waals surface area contributed by atoms with Gasteiger partial charge in [-0.15, -0.1) is 0 Å². The number of halogens is 2. The number of carbonyl (C=O) groups is 1. The third-order valence-corrected chi connectivity index (χ3v) is 3.73. The largest absolute Gasteiger partial charge is 0.336 e. The molecule has 0 bridgehead atoms. The minimum absolute atomic E-state index is 0.0606. The average molecular weight is 285 g/mol. The minimum Gasteiger partial charge on any atom is -0.336 e. The highest BCUT2D eigenvalue weighted by molar-refractivity contribution is 6.31. The topological polar surface area (TPSA) is 23.6 Å². The molecule has 1 aliphatic heterocycles. The lowest BCUT2D eigenvalue weighted by Crippen LogP contribution is -2.50. The van der Waals surface area contributed by atoms with E-state index in [-0.39, 0.29) is 11.5 Å². The normalized spacial score (nSPS) is 17.0. The quantitative estimate of drug-likeness (QED) is 0.833. The molecule has 104 valence electrons. The molecule has 1 heterocycles. The van der Waals surface area contributed by atoms with Crippen LogP contribution in [0.15, 0.2) is 18.2 Å². The van der Waals surface area contributed by atoms with E-state index in [1.807, 2.05) is 0 Å². The van der Waals surface area contributed by atoms with Crippen LogP contribution in [0.5, 0.6) is 0 Å². The summed E-state index contributed by atoms with van der Waals surface area (Å²) >= 11 is 5.82. The Balaban J connectivity index is 2.07. The van der Waals surface area contributed by atoms with Crippen molar-refractivity contribution >= 4 is 17.5 Å². The number of carbonyl (C=O) groups excluding carboxylic acids is 1. The number of piperazine rings is 1. The second-order valence-electron chi connectivity index (χ2n) is 5.05. The first-order valence-corrected chi connectivity index (χ1v) is 6.85. The highest BCUT2D eigenvalue weighted by atomic mass is 35.5. The van der Waals surface area contributed by atoms with E-state index < -0.39 is 5.82 Å². The van der Waals surface area contributed by atoms with Gasteiger partial charge in [0.2, 0.25) is 0 Å². The van der Waals surface area contributed by atoms with E-state index in [0.29, 0.717) is 24.2 Å². The molecule has 3 nitrogen and oxygen atoms in total. The maximum atomic E-state index is 13.7. The van der Waals surface area contributed by atoms with Gasteiger partial charge in [-0.1, -0.05) is 11.6 Å². The molecule has 0 saturated carbocycles. The maximum absolute atomic E-state index is 13.7. The molecule has 0 unspecified atom stereocenters. The molecule has 5 heteroatoms. The lowest BCUT2D eigenvalue weighted by molar-refractivity contribution is 0.0591. The Morgan fingerprint density at radius 3 is 2.47 bits per heavy atom. The van der Waals surface area contributed by atoms with Gasteiger partial charge in [-0.25, -0.2) is 4.39 Å². The summed E-state index contributed by atoms with van der Waals surface area (Å²) in [6.45, 7) is 7.17. The molecule has 1 fully saturated rings. The van der Waals surface area contributed by atoms with Crippen molar-refractivity contribution < 1.29 is 9.18 Å². The highest BCUT2D eigenvalue weighted by Crippen LogP contribution is 2.18. The summed E-state index contributed by atoms with van der Waals surface area (Å²) in [5, 5.41) is 0.380. The Hall–Kier alpha value is -1.13. The summed E-state index contributed by atoms with van der Waals surface area (Å²) in [7, 11) is 0. The number of benzene rings is 1. The fourth-order valence-corrected chi connectivity index (χ4v) is 2.45. The van der Waals surface area contributed by atoms with Crippen LogP contribution < -0.4 is 0 Å². The van der Waals surface area contributed by atoms with Gasteiger partial charge in [-0.05, 0) is 32.0 Å². The Bertz CT molecular complexity index is 471. The summed E-state index contributed by atoms with van der Waals surface area (Å²) in [5.41, 5.74) is 0.0606. The van der Waals surface area contributed by atoms with Crippen LogP contribution in [0.4, 0.5) is 4.39 Å². The second-order valence-corrected chi connectivity index (χ2v) is 5.48. The fraction of sp³-hybridized carbons (Fsp3) is 0.500. The Kier molecular flexibility index (Phi) is 4.42. The zero-order valence-electron chi connectivity index (χ0n) is 11.2. The van der Waals surface area contributed by atoms with Crippen molar-refractivity contribution in [2.24, 2.45) is 0 Å². The molecular weight excluding hydrogens is 267 g/mol. The van der Waals surface area contributed by atoms with E-state index in [1.54, 1.807) is 4.90 Å². The molecule has 0 N–H and O–H groups in total. The first kappa shape index (κ1) is 14.3. The van der Waals surface area contributed by atoms with Crippen LogP contribution >= 0.6 is 11.6 Å². The Morgan fingerprint density at radius 1 is 1.26 bits per heavy atom. The van der Waals surface area contributed by atoms with E-state index in [0.717, 1.165) is 13.1 Å². The van der Waals surface area contributed by atoms with Gasteiger partial charge in [0.15, 0.2) is 0 Å². The van der Waals surface area contributed by atoms with Crippen LogP contribution in [-0.4, -0.2) is 47.9 Å². The predicted octanol–water partition coefficient (Wildman–Crippen LogP) is 2.65. The number of hydrogen-bond donors (Lipinski definition) is 0. The lowest BCUT2D eigenvalue weighted by Gasteiger charge is -2.37. The molecule has 1 saturated heterocycles. The van der Waals surface area contributed by atoms with E-state index in [9.17, 15) is 9.18 Å². The molecule has 2 rings (SSSR count). The van der Waals surface area contributed by atoms with Gasteiger partial charge in [-0.2, -0.15) is 0 Å². The third-order valence-electron chi connectivity index (χ3n) is 3.49. The van der Waals surface area contributed by atoms with E-state index in [4.69, 9.17) is 11.6 Å². The number of amides is 1. The van der Waals surface area contributed by atoms with E-state index >= 15 is 0 Å². The van der Waals surface area contributed by atoms with Crippen molar-refractivity contribution in [3.05, 3.63) is 34.6 Å². The van der Waals surface area contributed by atoms with Crippen LogP contribution in [0.3, 0.4) is 0 Å². The zero-order chi connectivity index (χ0) is 14.0. The molecule has 0 aromatic heterocycles. The molecule has 0 atom stereocenters. The summed E-state index contributed by atoms with van der Waals surface area (Å²) in [6, 6.07) is 4.55. The number of nitrogens with zero attached hydrogens (tertiary/aromatic N) is 2. The zero-order valence-corrected chi connectivity index (χ0v) is 12.0. The van der Waals surface area contributed by atoms with Gasteiger partial charge in [0, 0.05) is 37.2 Å². The maximum Gasteiger partial charge on any atom is 0.256 e. The molecule has 19 heavy (non-hydrogen) atoms. The van der Waals surface area contributed by atoms with Crippen molar-refractivity contribution in [2.45, 2.75) is 19.9 Å². The number of rotatable bonds is 2. The molecule has 0 radical (unpaired) electrons. The van der Waals surface area contributed by atoms with Crippen LogP contribution in [-0.2, 0) is 0 Å². The van der Waals surface area contributed by atoms with Crippen molar-refractivity contribution in [2.75, 3.05) is 26.2 Å². The van der Waals surface area contributed by atoms with Crippen LogP contribution in [0, 0.1) is 5.82 Å². The first-order chi connectivity index (χ1) is 8.99. The summed E-state index contributed by atoms with van der Waals surface area (Å²) in [4.78, 5) is 16.2. The van der Waals surface area contributed by atoms with Gasteiger partial charge in [0.1, 0.15) is 5.82 Å². The number of hydrogen-bond acceptors (Lipinski definition) is 2. The smallest absolute Gasteiger partial charge is 0.256 e. The monoisotopic (exact) mass is 284 g/mol. The second kappa shape index (κ2) is 5.88. The Labute approximate surface area is 117 Å². The van der Waals surface area contributed by atoms with E-state index in [2.05, 4.69) is 18.7 Å². The average Bonchev–Trinajstić information content (AvgIpc) is 2.41. The van der Waals surface area contributed by atoms with Gasteiger partial charge in [0.05, 0.1) is 5.56 Å². The summed E-state index contributed by atoms with van der Waals surface area (Å²) in [5.74, 6) is -0.788. The molecule has 1 aromatic carbocycles. The van der Waals surface area contributed by atoms with Crippen molar-refractivity contribution in [1.82, 2.24) is 9.80 Å². The molecular formula is C14H18ClFN2O. The van der Waals surface area contributed by atoms with Gasteiger partial charge < -0.3 is 4.90 Å². The predicted molar refractivity (Wildman–Crippen MR) is 74.0 cm³/mol. The third kappa shape index (κ3) is 3.25. The summed E-state index contributed by atoms with van der Waals surface area (Å²) < 4.78 is 13.7. The molecule has 0 aliphatic carbocycles. The van der Waals surface area contributed by atoms with Crippen LogP contribution in [0.2, 0.25) is 5.02 Å². The molecule has 0 spiro atoms. The lowest BCUT2D eigenvalue weighted by atomic mass is 10.1. The van der Waals surface area contributed by atoms with Gasteiger partial charge in [-0.3, -0.25) is 9.69 Å². The van der Waals surface area contributed by atoms with Crippen molar-refractivity contribution in [3.63, 3.8) is 0 Å². The highest BCUT2D eigenvalue weighted by Gasteiger charge is 2.25. The molecule has 1 aliphatic rings. The van der Waals surface area contributed by atoms with E-state index in [1.165, 1.54) is 18.2 Å². The van der Waals surface area contributed by atoms with Gasteiger partial charge >= 0.3 is 0 Å². The standard InChI is InChI=1S/C14H18ClFN2O/c1-10(2)17-5-7-18(8-6-17)14(19)12-9-11(15)3-4-13(12)16/h3-4,9-10H,5-8H2,1-2H3. The van der Waals surface area contributed by atoms with Crippen LogP contribution in [0.1, 0.15) is 24.2 Å². The van der Waals surface area contributed by atoms with Crippen molar-refractivity contribution in [3.8, 4) is 0 Å². The molecule has 1 amide bonds. The van der Waals surface area contributed by atoms with Crippen molar-refractivity contribution in [1.29, 1.82) is 0 Å². The Morgan fingerprint density at radius 2 is 1.89 bits per heavy atom. The fourth-order valence-electron chi connectivity index (χ4n) is 2.27. The molecule has 1 aromatic rings. The minimum atomic E-state index is -0.513. The van der Waals surface area contributed by atoms with Gasteiger partial charge in [0.25, 0.3) is 5.91 Å².